The molecule has 1 atom stereocenters. The van der Waals surface area contributed by atoms with E-state index in [1.165, 1.54) is 12.1 Å². The maximum atomic E-state index is 13.3. The van der Waals surface area contributed by atoms with Gasteiger partial charge in [-0.05, 0) is 18.1 Å². The van der Waals surface area contributed by atoms with Crippen molar-refractivity contribution in [2.75, 3.05) is 39.4 Å². The van der Waals surface area contributed by atoms with Crippen molar-refractivity contribution in [1.82, 2.24) is 14.5 Å². The average molecular weight is 482 g/mol. The lowest BCUT2D eigenvalue weighted by Crippen LogP contribution is -2.58. The Morgan fingerprint density at radius 1 is 0.970 bits per heavy atom. The largest absolute Gasteiger partial charge is 0.490 e. The fourth-order valence-electron chi connectivity index (χ4n) is 3.82. The molecule has 9 nitrogen and oxygen atoms in total. The number of carbonyl (C=O) groups excluding carboxylic acids is 2. The van der Waals surface area contributed by atoms with Gasteiger partial charge < -0.3 is 19.3 Å². The topological polar surface area (TPSA) is 105 Å². The fraction of sp³-hybridized carbons (Fsp3) is 0.652. The van der Waals surface area contributed by atoms with E-state index in [2.05, 4.69) is 4.72 Å². The molecule has 0 radical (unpaired) electrons. The second kappa shape index (κ2) is 9.89. The van der Waals surface area contributed by atoms with Crippen LogP contribution in [0.25, 0.3) is 0 Å². The minimum atomic E-state index is -3.97. The van der Waals surface area contributed by atoms with Gasteiger partial charge in [0.25, 0.3) is 0 Å². The Kier molecular flexibility index (Phi) is 7.58. The number of sulfonamides is 1. The molecule has 1 aromatic carbocycles. The molecule has 1 N–H and O–H groups in total. The molecule has 0 saturated carbocycles. The van der Waals surface area contributed by atoms with Crippen LogP contribution in [-0.4, -0.2) is 75.5 Å². The summed E-state index contributed by atoms with van der Waals surface area (Å²) in [4.78, 5) is 29.2. The number of amides is 2. The predicted octanol–water partition coefficient (Wildman–Crippen LogP) is 1.87. The third-order valence-corrected chi connectivity index (χ3v) is 7.20. The summed E-state index contributed by atoms with van der Waals surface area (Å²) in [5.74, 6) is 0.380. The van der Waals surface area contributed by atoms with Gasteiger partial charge in [0.2, 0.25) is 21.8 Å². The van der Waals surface area contributed by atoms with Crippen molar-refractivity contribution >= 4 is 21.8 Å². The van der Waals surface area contributed by atoms with Crippen LogP contribution in [0.1, 0.15) is 41.0 Å². The van der Waals surface area contributed by atoms with Crippen LogP contribution in [0.15, 0.2) is 23.1 Å². The third kappa shape index (κ3) is 5.97. The molecule has 1 unspecified atom stereocenters. The molecule has 0 spiro atoms. The van der Waals surface area contributed by atoms with Gasteiger partial charge in [0.15, 0.2) is 11.5 Å². The van der Waals surface area contributed by atoms with E-state index >= 15 is 0 Å². The lowest BCUT2D eigenvalue weighted by molar-refractivity contribution is -0.145. The normalized spacial score (nSPS) is 18.1. The van der Waals surface area contributed by atoms with E-state index in [1.54, 1.807) is 29.7 Å². The molecule has 2 amide bonds. The van der Waals surface area contributed by atoms with Gasteiger partial charge in [-0.25, -0.2) is 8.42 Å². The van der Waals surface area contributed by atoms with E-state index in [1.807, 2.05) is 20.8 Å². The highest BCUT2D eigenvalue weighted by Crippen LogP contribution is 2.32. The van der Waals surface area contributed by atoms with Crippen LogP contribution in [0.2, 0.25) is 0 Å². The lowest BCUT2D eigenvalue weighted by atomic mass is 9.94. The molecule has 3 rings (SSSR count). The maximum Gasteiger partial charge on any atom is 0.241 e. The van der Waals surface area contributed by atoms with E-state index in [0.717, 1.165) is 0 Å². The maximum absolute atomic E-state index is 13.3. The zero-order valence-electron chi connectivity index (χ0n) is 20.1. The molecule has 1 saturated heterocycles. The van der Waals surface area contributed by atoms with Crippen LogP contribution in [-0.2, 0) is 19.6 Å². The molecular formula is C23H35N3O6S. The van der Waals surface area contributed by atoms with Gasteiger partial charge in [0, 0.05) is 44.1 Å². The number of hydrogen-bond donors (Lipinski definition) is 1. The number of piperazine rings is 1. The molecule has 1 fully saturated rings. The summed E-state index contributed by atoms with van der Waals surface area (Å²) >= 11 is 0. The van der Waals surface area contributed by atoms with Crippen LogP contribution in [0, 0.1) is 11.3 Å². The first-order valence-corrected chi connectivity index (χ1v) is 12.9. The summed E-state index contributed by atoms with van der Waals surface area (Å²) in [5.41, 5.74) is -0.481. The average Bonchev–Trinajstić information content (AvgIpc) is 3.00. The van der Waals surface area contributed by atoms with Gasteiger partial charge in [0.05, 0.1) is 18.1 Å². The van der Waals surface area contributed by atoms with E-state index in [4.69, 9.17) is 9.47 Å². The van der Waals surface area contributed by atoms with Crippen molar-refractivity contribution in [3.05, 3.63) is 18.2 Å². The molecule has 2 aliphatic heterocycles. The number of carbonyl (C=O) groups is 2. The molecule has 0 bridgehead atoms. The summed E-state index contributed by atoms with van der Waals surface area (Å²) in [6, 6.07) is 3.54. The van der Waals surface area contributed by atoms with Crippen molar-refractivity contribution < 1.29 is 27.5 Å². The quantitative estimate of drug-likeness (QED) is 0.688. The zero-order chi connectivity index (χ0) is 24.4. The minimum Gasteiger partial charge on any atom is -0.490 e. The SMILES string of the molecule is CC(C)C(NS(=O)(=O)c1ccc2c(c1)OCCCO2)C(=O)N1CCN(C(=O)C(C)(C)C)CC1. The smallest absolute Gasteiger partial charge is 0.241 e. The number of rotatable bonds is 5. The second-order valence-corrected chi connectivity index (χ2v) is 11.6. The van der Waals surface area contributed by atoms with Gasteiger partial charge in [-0.2, -0.15) is 4.72 Å². The summed E-state index contributed by atoms with van der Waals surface area (Å²) in [6.07, 6.45) is 0.716. The highest BCUT2D eigenvalue weighted by Gasteiger charge is 2.35. The van der Waals surface area contributed by atoms with Crippen LogP contribution < -0.4 is 14.2 Å². The zero-order valence-corrected chi connectivity index (χ0v) is 20.9. The summed E-state index contributed by atoms with van der Waals surface area (Å²) in [5, 5.41) is 0. The monoisotopic (exact) mass is 481 g/mol. The molecule has 2 heterocycles. The second-order valence-electron chi connectivity index (χ2n) is 9.87. The van der Waals surface area contributed by atoms with Gasteiger partial charge in [-0.3, -0.25) is 9.59 Å². The van der Waals surface area contributed by atoms with E-state index in [-0.39, 0.29) is 22.6 Å². The van der Waals surface area contributed by atoms with E-state index < -0.39 is 21.5 Å². The van der Waals surface area contributed by atoms with Crippen LogP contribution in [0.3, 0.4) is 0 Å². The van der Waals surface area contributed by atoms with Crippen molar-refractivity contribution in [2.24, 2.45) is 11.3 Å². The van der Waals surface area contributed by atoms with Crippen molar-refractivity contribution in [3.63, 3.8) is 0 Å². The first-order valence-electron chi connectivity index (χ1n) is 11.4. The molecular weight excluding hydrogens is 446 g/mol. The molecule has 2 aliphatic rings. The van der Waals surface area contributed by atoms with Gasteiger partial charge in [-0.1, -0.05) is 34.6 Å². The van der Waals surface area contributed by atoms with Crippen LogP contribution in [0.4, 0.5) is 0 Å². The molecule has 0 aromatic heterocycles. The third-order valence-electron chi connectivity index (χ3n) is 5.76. The number of hydrogen-bond acceptors (Lipinski definition) is 6. The Bertz CT molecular complexity index is 978. The summed E-state index contributed by atoms with van der Waals surface area (Å²) < 4.78 is 40.0. The summed E-state index contributed by atoms with van der Waals surface area (Å²) in [7, 11) is -3.97. The standard InChI is InChI=1S/C23H35N3O6S/c1-16(2)20(21(27)25-9-11-26(12-10-25)22(28)23(3,4)5)24-33(29,30)17-7-8-18-19(15-17)32-14-6-13-31-18/h7-8,15-16,20,24H,6,9-14H2,1-5H3. The Morgan fingerprint density at radius 3 is 2.12 bits per heavy atom. The number of nitrogens with one attached hydrogen (secondary N) is 1. The minimum absolute atomic E-state index is 0.0193. The highest BCUT2D eigenvalue weighted by atomic mass is 32.2. The molecule has 10 heteroatoms. The first-order chi connectivity index (χ1) is 15.4. The predicted molar refractivity (Wildman–Crippen MR) is 124 cm³/mol. The van der Waals surface area contributed by atoms with Crippen LogP contribution in [0.5, 0.6) is 11.5 Å². The first kappa shape index (κ1) is 25.3. The Balaban J connectivity index is 1.71. The van der Waals surface area contributed by atoms with Crippen molar-refractivity contribution in [2.45, 2.75) is 52.0 Å². The Hall–Kier alpha value is -2.33. The highest BCUT2D eigenvalue weighted by molar-refractivity contribution is 7.89. The van der Waals surface area contributed by atoms with Crippen molar-refractivity contribution in [3.8, 4) is 11.5 Å². The van der Waals surface area contributed by atoms with Gasteiger partial charge >= 0.3 is 0 Å². The molecule has 184 valence electrons. The fourth-order valence-corrected chi connectivity index (χ4v) is 5.17. The Labute approximate surface area is 196 Å². The van der Waals surface area contributed by atoms with Crippen molar-refractivity contribution in [1.29, 1.82) is 0 Å². The van der Waals surface area contributed by atoms with E-state index in [9.17, 15) is 18.0 Å². The number of nitrogens with zero attached hydrogens (tertiary/aromatic N) is 2. The van der Waals surface area contributed by atoms with Gasteiger partial charge in [0.1, 0.15) is 6.04 Å². The number of benzene rings is 1. The number of ether oxygens (including phenoxy) is 2. The van der Waals surface area contributed by atoms with Gasteiger partial charge in [-0.15, -0.1) is 0 Å². The number of fused-ring (bicyclic) bond motifs is 1. The lowest BCUT2D eigenvalue weighted by Gasteiger charge is -2.39. The molecule has 1 aromatic rings. The molecule has 0 aliphatic carbocycles. The summed E-state index contributed by atoms with van der Waals surface area (Å²) in [6.45, 7) is 11.8. The Morgan fingerprint density at radius 2 is 1.55 bits per heavy atom. The van der Waals surface area contributed by atoms with Crippen LogP contribution >= 0.6 is 0 Å². The van der Waals surface area contributed by atoms with E-state index in [0.29, 0.717) is 57.3 Å². The molecule has 33 heavy (non-hydrogen) atoms.